The number of aromatic nitrogens is 2. The molecular formula is C18H23N5O2. The topological polar surface area (TPSA) is 120 Å². The number of hydrogen-bond acceptors (Lipinski definition) is 5. The van der Waals surface area contributed by atoms with E-state index < -0.39 is 5.60 Å². The Hall–Kier alpha value is -2.28. The fourth-order valence-electron chi connectivity index (χ4n) is 5.80. The van der Waals surface area contributed by atoms with E-state index in [9.17, 15) is 5.11 Å². The highest BCUT2D eigenvalue weighted by Crippen LogP contribution is 2.56. The summed E-state index contributed by atoms with van der Waals surface area (Å²) in [5, 5.41) is 27.8. The molecule has 25 heavy (non-hydrogen) atoms. The maximum absolute atomic E-state index is 10.8. The summed E-state index contributed by atoms with van der Waals surface area (Å²) in [7, 11) is 0. The minimum atomic E-state index is -0.454. The molecule has 4 fully saturated rings. The lowest BCUT2D eigenvalue weighted by Gasteiger charge is -2.58. The van der Waals surface area contributed by atoms with Crippen LogP contribution in [0, 0.1) is 17.8 Å². The standard InChI is InChI=1S/C18H23N5O2/c19-16(23-25)13-8-21-17-12(1-2-20-17)15(13)22-14-10-3-9-4-11(14)7-18(24,5-9)6-10/h1-2,8-11,14,24-25H,3-7H2,(H2,19,23)(H2,20,21,22)/t9?,10?,11?,14-,18-. The second kappa shape index (κ2) is 5.11. The number of nitrogens with zero attached hydrogens (tertiary/aromatic N) is 2. The number of aliphatic hydroxyl groups is 1. The molecule has 0 spiro atoms. The molecule has 2 unspecified atom stereocenters. The van der Waals surface area contributed by atoms with Crippen LogP contribution in [-0.4, -0.2) is 37.8 Å². The van der Waals surface area contributed by atoms with Crippen LogP contribution in [0.5, 0.6) is 0 Å². The molecule has 0 aliphatic heterocycles. The SMILES string of the molecule is NC(=NO)c1cnc2[nH]ccc2c1N[C@H]1C2CC3CC1C[C@](O)(C3)C2. The molecule has 4 aliphatic carbocycles. The number of oxime groups is 1. The third-order valence-electron chi connectivity index (χ3n) is 6.52. The molecule has 2 aromatic rings. The summed E-state index contributed by atoms with van der Waals surface area (Å²) >= 11 is 0. The van der Waals surface area contributed by atoms with E-state index in [1.54, 1.807) is 6.20 Å². The summed E-state index contributed by atoms with van der Waals surface area (Å²) in [6.07, 6.45) is 8.56. The van der Waals surface area contributed by atoms with Gasteiger partial charge in [-0.3, -0.25) is 0 Å². The van der Waals surface area contributed by atoms with Crippen LogP contribution < -0.4 is 11.1 Å². The van der Waals surface area contributed by atoms with Crippen molar-refractivity contribution in [2.45, 2.75) is 43.7 Å². The van der Waals surface area contributed by atoms with Crippen LogP contribution in [0.25, 0.3) is 11.0 Å². The lowest BCUT2D eigenvalue weighted by Crippen LogP contribution is -2.59. The van der Waals surface area contributed by atoms with Gasteiger partial charge in [0.1, 0.15) is 5.65 Å². The highest BCUT2D eigenvalue weighted by molar-refractivity contribution is 6.08. The molecule has 2 atom stereocenters. The Balaban J connectivity index is 1.55. The lowest BCUT2D eigenvalue weighted by atomic mass is 9.52. The minimum Gasteiger partial charge on any atom is -0.409 e. The van der Waals surface area contributed by atoms with E-state index in [2.05, 4.69) is 20.4 Å². The van der Waals surface area contributed by atoms with Gasteiger partial charge in [0.05, 0.1) is 16.9 Å². The molecule has 6 N–H and O–H groups in total. The fourth-order valence-corrected chi connectivity index (χ4v) is 5.80. The molecule has 132 valence electrons. The molecule has 4 bridgehead atoms. The third kappa shape index (κ3) is 2.22. The Morgan fingerprint density at radius 2 is 2.08 bits per heavy atom. The largest absolute Gasteiger partial charge is 0.409 e. The monoisotopic (exact) mass is 341 g/mol. The van der Waals surface area contributed by atoms with Crippen molar-refractivity contribution < 1.29 is 10.3 Å². The molecule has 4 aliphatic rings. The highest BCUT2D eigenvalue weighted by Gasteiger charge is 2.54. The normalized spacial score (nSPS) is 36.9. The van der Waals surface area contributed by atoms with E-state index in [1.807, 2.05) is 12.3 Å². The van der Waals surface area contributed by atoms with E-state index in [0.717, 1.165) is 36.0 Å². The van der Waals surface area contributed by atoms with E-state index in [-0.39, 0.29) is 5.84 Å². The number of nitrogens with one attached hydrogen (secondary N) is 2. The van der Waals surface area contributed by atoms with Gasteiger partial charge in [-0.15, -0.1) is 0 Å². The predicted molar refractivity (Wildman–Crippen MR) is 94.5 cm³/mol. The van der Waals surface area contributed by atoms with Gasteiger partial charge in [-0.2, -0.15) is 0 Å². The molecule has 0 radical (unpaired) electrons. The van der Waals surface area contributed by atoms with E-state index in [1.165, 1.54) is 12.8 Å². The number of pyridine rings is 1. The zero-order valence-electron chi connectivity index (χ0n) is 13.9. The van der Waals surface area contributed by atoms with Gasteiger partial charge in [0.25, 0.3) is 0 Å². The van der Waals surface area contributed by atoms with Crippen molar-refractivity contribution in [2.24, 2.45) is 28.6 Å². The van der Waals surface area contributed by atoms with Crippen molar-refractivity contribution >= 4 is 22.6 Å². The molecule has 2 heterocycles. The maximum atomic E-state index is 10.8. The van der Waals surface area contributed by atoms with Crippen LogP contribution in [0.1, 0.15) is 37.7 Å². The van der Waals surface area contributed by atoms with Gasteiger partial charge >= 0.3 is 0 Å². The Labute approximate surface area is 145 Å². The quantitative estimate of drug-likeness (QED) is 0.253. The van der Waals surface area contributed by atoms with E-state index >= 15 is 0 Å². The third-order valence-corrected chi connectivity index (χ3v) is 6.52. The average molecular weight is 341 g/mol. The summed E-state index contributed by atoms with van der Waals surface area (Å²) in [6, 6.07) is 2.27. The fraction of sp³-hybridized carbons (Fsp3) is 0.556. The second-order valence-corrected chi connectivity index (χ2v) is 8.14. The average Bonchev–Trinajstić information content (AvgIpc) is 3.04. The molecule has 0 aromatic carbocycles. The van der Waals surface area contributed by atoms with Gasteiger partial charge in [-0.25, -0.2) is 4.98 Å². The van der Waals surface area contributed by atoms with Crippen LogP contribution in [0.2, 0.25) is 0 Å². The number of anilines is 1. The lowest BCUT2D eigenvalue weighted by molar-refractivity contribution is -0.129. The molecule has 7 nitrogen and oxygen atoms in total. The van der Waals surface area contributed by atoms with Gasteiger partial charge in [0.2, 0.25) is 0 Å². The zero-order chi connectivity index (χ0) is 17.2. The highest BCUT2D eigenvalue weighted by atomic mass is 16.4. The summed E-state index contributed by atoms with van der Waals surface area (Å²) in [4.78, 5) is 7.48. The molecule has 0 amide bonds. The number of hydrogen-bond donors (Lipinski definition) is 5. The van der Waals surface area contributed by atoms with Crippen molar-refractivity contribution in [1.82, 2.24) is 9.97 Å². The number of amidine groups is 1. The first-order valence-corrected chi connectivity index (χ1v) is 8.99. The Bertz CT molecular complexity index is 844. The van der Waals surface area contributed by atoms with Crippen LogP contribution >= 0.6 is 0 Å². The summed E-state index contributed by atoms with van der Waals surface area (Å²) in [6.45, 7) is 0. The number of rotatable bonds is 3. The van der Waals surface area contributed by atoms with Crippen LogP contribution in [0.15, 0.2) is 23.6 Å². The first-order chi connectivity index (χ1) is 12.1. The molecule has 6 rings (SSSR count). The molecule has 7 heteroatoms. The molecule has 4 saturated carbocycles. The van der Waals surface area contributed by atoms with Gasteiger partial charge in [-0.1, -0.05) is 5.16 Å². The maximum Gasteiger partial charge on any atom is 0.173 e. The zero-order valence-corrected chi connectivity index (χ0v) is 13.9. The summed E-state index contributed by atoms with van der Waals surface area (Å²) in [5.74, 6) is 1.66. The Morgan fingerprint density at radius 3 is 2.76 bits per heavy atom. The van der Waals surface area contributed by atoms with Crippen molar-refractivity contribution in [1.29, 1.82) is 0 Å². The van der Waals surface area contributed by atoms with Gasteiger partial charge < -0.3 is 26.3 Å². The van der Waals surface area contributed by atoms with Crippen LogP contribution in [0.3, 0.4) is 0 Å². The number of fused-ring (bicyclic) bond motifs is 1. The molecule has 2 aromatic heterocycles. The first-order valence-electron chi connectivity index (χ1n) is 8.99. The number of H-pyrrole nitrogens is 1. The van der Waals surface area contributed by atoms with Crippen LogP contribution in [-0.2, 0) is 0 Å². The first kappa shape index (κ1) is 15.0. The van der Waals surface area contributed by atoms with Crippen molar-refractivity contribution in [3.05, 3.63) is 24.0 Å². The Morgan fingerprint density at radius 1 is 1.32 bits per heavy atom. The van der Waals surface area contributed by atoms with E-state index in [0.29, 0.717) is 29.4 Å². The summed E-state index contributed by atoms with van der Waals surface area (Å²) < 4.78 is 0. The minimum absolute atomic E-state index is 0.0561. The smallest absolute Gasteiger partial charge is 0.173 e. The van der Waals surface area contributed by atoms with Gasteiger partial charge in [0, 0.05) is 23.8 Å². The predicted octanol–water partition coefficient (Wildman–Crippen LogP) is 2.01. The van der Waals surface area contributed by atoms with Crippen molar-refractivity contribution in [2.75, 3.05) is 5.32 Å². The van der Waals surface area contributed by atoms with Crippen molar-refractivity contribution in [3.8, 4) is 0 Å². The van der Waals surface area contributed by atoms with Gasteiger partial charge in [0.15, 0.2) is 5.84 Å². The van der Waals surface area contributed by atoms with E-state index in [4.69, 9.17) is 10.9 Å². The molecule has 0 saturated heterocycles. The number of aromatic amines is 1. The summed E-state index contributed by atoms with van der Waals surface area (Å²) in [5.41, 5.74) is 7.70. The second-order valence-electron chi connectivity index (χ2n) is 8.14. The van der Waals surface area contributed by atoms with Gasteiger partial charge in [-0.05, 0) is 55.9 Å². The molecular weight excluding hydrogens is 318 g/mol. The number of nitrogens with two attached hydrogens (primary N) is 1. The van der Waals surface area contributed by atoms with Crippen molar-refractivity contribution in [3.63, 3.8) is 0 Å². The van der Waals surface area contributed by atoms with Crippen LogP contribution in [0.4, 0.5) is 5.69 Å². The Kier molecular flexibility index (Phi) is 3.07.